The first-order valence-electron chi connectivity index (χ1n) is 8.15. The van der Waals surface area contributed by atoms with Crippen molar-refractivity contribution in [2.45, 2.75) is 43.6 Å². The Balaban J connectivity index is 1.77. The van der Waals surface area contributed by atoms with Crippen LogP contribution >= 0.6 is 0 Å². The van der Waals surface area contributed by atoms with Crippen LogP contribution < -0.4 is 0 Å². The summed E-state index contributed by atoms with van der Waals surface area (Å²) < 4.78 is 0. The Bertz CT molecular complexity index is 487. The van der Waals surface area contributed by atoms with E-state index >= 15 is 0 Å². The van der Waals surface area contributed by atoms with Gasteiger partial charge in [0.1, 0.15) is 0 Å². The molecule has 3 heteroatoms. The van der Waals surface area contributed by atoms with Crippen molar-refractivity contribution in [3.63, 3.8) is 0 Å². The summed E-state index contributed by atoms with van der Waals surface area (Å²) in [4.78, 5) is 17.5. The number of rotatable bonds is 3. The molecule has 2 aliphatic rings. The van der Waals surface area contributed by atoms with Crippen molar-refractivity contribution in [3.05, 3.63) is 35.9 Å². The van der Waals surface area contributed by atoms with Crippen LogP contribution in [0.1, 0.15) is 37.7 Å². The van der Waals surface area contributed by atoms with Crippen molar-refractivity contribution >= 4 is 5.91 Å². The second-order valence-electron chi connectivity index (χ2n) is 6.75. The first kappa shape index (κ1) is 14.6. The number of carbonyl (C=O) groups is 1. The third kappa shape index (κ3) is 2.59. The molecular weight excluding hydrogens is 260 g/mol. The second-order valence-corrected chi connectivity index (χ2v) is 6.75. The number of piperidine rings is 1. The SMILES string of the molecule is CN1CCC(N(C)C(=O)C2(c3ccccc3)CCC2)CC1. The fourth-order valence-electron chi connectivity index (χ4n) is 3.80. The average molecular weight is 286 g/mol. The zero-order chi connectivity index (χ0) is 14.9. The van der Waals surface area contributed by atoms with E-state index < -0.39 is 0 Å². The van der Waals surface area contributed by atoms with Gasteiger partial charge in [0.15, 0.2) is 0 Å². The van der Waals surface area contributed by atoms with Crippen LogP contribution in [0.5, 0.6) is 0 Å². The molecule has 0 radical (unpaired) electrons. The first-order chi connectivity index (χ1) is 10.1. The zero-order valence-corrected chi connectivity index (χ0v) is 13.2. The summed E-state index contributed by atoms with van der Waals surface area (Å²) in [6.07, 6.45) is 5.38. The van der Waals surface area contributed by atoms with Gasteiger partial charge >= 0.3 is 0 Å². The van der Waals surface area contributed by atoms with Crippen molar-refractivity contribution < 1.29 is 4.79 Å². The van der Waals surface area contributed by atoms with Gasteiger partial charge in [-0.3, -0.25) is 4.79 Å². The maximum absolute atomic E-state index is 13.1. The predicted octanol–water partition coefficient (Wildman–Crippen LogP) is 2.66. The summed E-state index contributed by atoms with van der Waals surface area (Å²) in [6.45, 7) is 2.20. The normalized spacial score (nSPS) is 22.6. The molecule has 1 saturated carbocycles. The van der Waals surface area contributed by atoms with Gasteiger partial charge in [0.05, 0.1) is 5.41 Å². The minimum absolute atomic E-state index is 0.237. The van der Waals surface area contributed by atoms with Crippen LogP contribution in [0.25, 0.3) is 0 Å². The molecule has 21 heavy (non-hydrogen) atoms. The Morgan fingerprint density at radius 1 is 1.19 bits per heavy atom. The lowest BCUT2D eigenvalue weighted by atomic mass is 9.63. The van der Waals surface area contributed by atoms with E-state index in [1.807, 2.05) is 13.1 Å². The molecule has 0 unspecified atom stereocenters. The quantitative estimate of drug-likeness (QED) is 0.853. The van der Waals surface area contributed by atoms with E-state index in [2.05, 4.69) is 41.1 Å². The molecule has 1 saturated heterocycles. The van der Waals surface area contributed by atoms with Gasteiger partial charge in [-0.25, -0.2) is 0 Å². The van der Waals surface area contributed by atoms with E-state index in [0.717, 1.165) is 38.8 Å². The van der Waals surface area contributed by atoms with Crippen molar-refractivity contribution in [3.8, 4) is 0 Å². The molecule has 1 amide bonds. The molecule has 1 aromatic rings. The highest BCUT2D eigenvalue weighted by atomic mass is 16.2. The number of likely N-dealkylation sites (N-methyl/N-ethyl adjacent to an activating group) is 1. The zero-order valence-electron chi connectivity index (χ0n) is 13.2. The minimum Gasteiger partial charge on any atom is -0.342 e. The Morgan fingerprint density at radius 2 is 1.81 bits per heavy atom. The third-order valence-electron chi connectivity index (χ3n) is 5.50. The first-order valence-corrected chi connectivity index (χ1v) is 8.15. The fourth-order valence-corrected chi connectivity index (χ4v) is 3.80. The van der Waals surface area contributed by atoms with Crippen LogP contribution in [-0.4, -0.2) is 48.9 Å². The van der Waals surface area contributed by atoms with Gasteiger partial charge in [-0.1, -0.05) is 36.8 Å². The monoisotopic (exact) mass is 286 g/mol. The number of amides is 1. The van der Waals surface area contributed by atoms with E-state index in [-0.39, 0.29) is 5.41 Å². The number of benzene rings is 1. The van der Waals surface area contributed by atoms with Gasteiger partial charge in [-0.05, 0) is 51.4 Å². The molecule has 0 N–H and O–H groups in total. The second kappa shape index (κ2) is 5.80. The maximum atomic E-state index is 13.1. The summed E-state index contributed by atoms with van der Waals surface area (Å²) >= 11 is 0. The largest absolute Gasteiger partial charge is 0.342 e. The molecule has 1 aliphatic carbocycles. The van der Waals surface area contributed by atoms with Gasteiger partial charge in [0.25, 0.3) is 0 Å². The van der Waals surface area contributed by atoms with Gasteiger partial charge in [0, 0.05) is 13.1 Å². The molecule has 0 bridgehead atoms. The average Bonchev–Trinajstić information content (AvgIpc) is 2.47. The fraction of sp³-hybridized carbons (Fsp3) is 0.611. The summed E-state index contributed by atoms with van der Waals surface area (Å²) in [5.74, 6) is 0.342. The molecule has 0 aromatic heterocycles. The van der Waals surface area contributed by atoms with E-state index in [4.69, 9.17) is 0 Å². The van der Waals surface area contributed by atoms with Crippen LogP contribution in [-0.2, 0) is 10.2 Å². The molecule has 3 nitrogen and oxygen atoms in total. The smallest absolute Gasteiger partial charge is 0.233 e. The molecule has 2 fully saturated rings. The van der Waals surface area contributed by atoms with E-state index in [9.17, 15) is 4.79 Å². The van der Waals surface area contributed by atoms with Crippen LogP contribution in [0.2, 0.25) is 0 Å². The Hall–Kier alpha value is -1.35. The van der Waals surface area contributed by atoms with E-state index in [0.29, 0.717) is 11.9 Å². The van der Waals surface area contributed by atoms with Crippen molar-refractivity contribution in [2.75, 3.05) is 27.2 Å². The molecule has 0 spiro atoms. The summed E-state index contributed by atoms with van der Waals surface area (Å²) in [6, 6.07) is 10.8. The molecule has 1 aromatic carbocycles. The molecular formula is C18H26N2O. The highest BCUT2D eigenvalue weighted by molar-refractivity contribution is 5.89. The standard InChI is InChI=1S/C18H26N2O/c1-19-13-9-16(10-14-19)20(2)17(21)18(11-6-12-18)15-7-4-3-5-8-15/h3-5,7-8,16H,6,9-14H2,1-2H3. The Kier molecular flexibility index (Phi) is 4.03. The van der Waals surface area contributed by atoms with Crippen LogP contribution in [0.3, 0.4) is 0 Å². The van der Waals surface area contributed by atoms with Crippen LogP contribution in [0, 0.1) is 0 Å². The van der Waals surface area contributed by atoms with Crippen molar-refractivity contribution in [1.29, 1.82) is 0 Å². The highest BCUT2D eigenvalue weighted by Crippen LogP contribution is 2.45. The van der Waals surface area contributed by atoms with Crippen molar-refractivity contribution in [2.24, 2.45) is 0 Å². The number of hydrogen-bond acceptors (Lipinski definition) is 2. The lowest BCUT2D eigenvalue weighted by molar-refractivity contribution is -0.142. The number of carbonyl (C=O) groups excluding carboxylic acids is 1. The van der Waals surface area contributed by atoms with Gasteiger partial charge in [-0.15, -0.1) is 0 Å². The van der Waals surface area contributed by atoms with Crippen molar-refractivity contribution in [1.82, 2.24) is 9.80 Å². The highest BCUT2D eigenvalue weighted by Gasteiger charge is 2.47. The number of likely N-dealkylation sites (tertiary alicyclic amines) is 1. The molecule has 114 valence electrons. The summed E-state index contributed by atoms with van der Waals surface area (Å²) in [7, 11) is 4.18. The molecule has 0 atom stereocenters. The van der Waals surface area contributed by atoms with E-state index in [1.54, 1.807) is 0 Å². The maximum Gasteiger partial charge on any atom is 0.233 e. The summed E-state index contributed by atoms with van der Waals surface area (Å²) in [5.41, 5.74) is 0.973. The van der Waals surface area contributed by atoms with E-state index in [1.165, 1.54) is 12.0 Å². The molecule has 1 heterocycles. The lowest BCUT2D eigenvalue weighted by Gasteiger charge is -2.46. The lowest BCUT2D eigenvalue weighted by Crippen LogP contribution is -2.54. The Morgan fingerprint density at radius 3 is 2.33 bits per heavy atom. The van der Waals surface area contributed by atoms with Crippen LogP contribution in [0.15, 0.2) is 30.3 Å². The van der Waals surface area contributed by atoms with Gasteiger partial charge < -0.3 is 9.80 Å². The number of hydrogen-bond donors (Lipinski definition) is 0. The van der Waals surface area contributed by atoms with Gasteiger partial charge in [-0.2, -0.15) is 0 Å². The molecule has 3 rings (SSSR count). The summed E-state index contributed by atoms with van der Waals surface area (Å²) in [5, 5.41) is 0. The predicted molar refractivity (Wildman–Crippen MR) is 85.3 cm³/mol. The topological polar surface area (TPSA) is 23.6 Å². The third-order valence-corrected chi connectivity index (χ3v) is 5.50. The van der Waals surface area contributed by atoms with Gasteiger partial charge in [0.2, 0.25) is 5.91 Å². The Labute approximate surface area is 127 Å². The molecule has 1 aliphatic heterocycles. The minimum atomic E-state index is -0.237. The van der Waals surface area contributed by atoms with Crippen LogP contribution in [0.4, 0.5) is 0 Å². The number of nitrogens with zero attached hydrogens (tertiary/aromatic N) is 2.